The van der Waals surface area contributed by atoms with Crippen molar-refractivity contribution in [1.82, 2.24) is 15.2 Å². The first-order valence-electron chi connectivity index (χ1n) is 11.0. The lowest BCUT2D eigenvalue weighted by Crippen LogP contribution is -2.53. The van der Waals surface area contributed by atoms with Gasteiger partial charge >= 0.3 is 0 Å². The zero-order chi connectivity index (χ0) is 19.7. The third-order valence-electron chi connectivity index (χ3n) is 7.14. The Balaban J connectivity index is 1.39. The van der Waals surface area contributed by atoms with Crippen molar-refractivity contribution in [3.05, 3.63) is 0 Å². The average molecular weight is 391 g/mol. The quantitative estimate of drug-likeness (QED) is 0.747. The Morgan fingerprint density at radius 1 is 1.11 bits per heavy atom. The number of carbonyl (C=O) groups is 2. The molecular formula is C20H34N6O2. The lowest BCUT2D eigenvalue weighted by Gasteiger charge is -2.36. The summed E-state index contributed by atoms with van der Waals surface area (Å²) < 4.78 is 0. The summed E-state index contributed by atoms with van der Waals surface area (Å²) in [6.07, 6.45) is 9.44. The summed E-state index contributed by atoms with van der Waals surface area (Å²) >= 11 is 0. The number of amides is 2. The van der Waals surface area contributed by atoms with E-state index < -0.39 is 0 Å². The molecular weight excluding hydrogens is 356 g/mol. The van der Waals surface area contributed by atoms with Crippen LogP contribution in [0.2, 0.25) is 0 Å². The van der Waals surface area contributed by atoms with E-state index in [1.807, 2.05) is 9.91 Å². The van der Waals surface area contributed by atoms with Crippen LogP contribution in [0.1, 0.15) is 64.7 Å². The Labute approximate surface area is 167 Å². The molecule has 8 nitrogen and oxygen atoms in total. The summed E-state index contributed by atoms with van der Waals surface area (Å²) in [7, 11) is 0. The van der Waals surface area contributed by atoms with Crippen LogP contribution in [0.15, 0.2) is 10.3 Å². The number of likely N-dealkylation sites (tertiary alicyclic amines) is 1. The first-order chi connectivity index (χ1) is 13.5. The van der Waals surface area contributed by atoms with Crippen LogP contribution < -0.4 is 11.1 Å². The fourth-order valence-electron chi connectivity index (χ4n) is 4.98. The Morgan fingerprint density at radius 2 is 1.79 bits per heavy atom. The van der Waals surface area contributed by atoms with Gasteiger partial charge < -0.3 is 16.0 Å². The van der Waals surface area contributed by atoms with Gasteiger partial charge in [0.1, 0.15) is 11.7 Å². The normalized spacial score (nSPS) is 29.0. The second kappa shape index (κ2) is 7.97. The standard InChI is InChI=1S/C20H34N6O2/c1-14(27)25-11-7-16(8-12-25)19(28)22-18(15-5-3-2-4-6-15)17-13-26(24-23-17)20(21)9-10-20/h15-18H,2-13,21H2,1H3,(H,22,28)/t17?,18-/m0/s1. The van der Waals surface area contributed by atoms with Crippen molar-refractivity contribution in [3.63, 3.8) is 0 Å². The van der Waals surface area contributed by atoms with Gasteiger partial charge in [0.2, 0.25) is 11.8 Å². The molecule has 2 atom stereocenters. The van der Waals surface area contributed by atoms with Gasteiger partial charge in [-0.25, -0.2) is 0 Å². The Morgan fingerprint density at radius 3 is 2.39 bits per heavy atom. The minimum absolute atomic E-state index is 0.00890. The first kappa shape index (κ1) is 19.6. The first-order valence-corrected chi connectivity index (χ1v) is 11.0. The van der Waals surface area contributed by atoms with E-state index in [4.69, 9.17) is 5.73 Å². The van der Waals surface area contributed by atoms with Crippen LogP contribution in [0.4, 0.5) is 0 Å². The predicted octanol–water partition coefficient (Wildman–Crippen LogP) is 1.81. The highest BCUT2D eigenvalue weighted by Gasteiger charge is 2.48. The monoisotopic (exact) mass is 390 g/mol. The largest absolute Gasteiger partial charge is 0.351 e. The molecule has 2 aliphatic heterocycles. The second-order valence-corrected chi connectivity index (χ2v) is 9.17. The summed E-state index contributed by atoms with van der Waals surface area (Å²) in [5, 5.41) is 14.2. The highest BCUT2D eigenvalue weighted by atomic mass is 16.2. The molecule has 156 valence electrons. The van der Waals surface area contributed by atoms with Gasteiger partial charge in [-0.15, -0.1) is 0 Å². The van der Waals surface area contributed by atoms with Crippen LogP contribution in [0.25, 0.3) is 0 Å². The zero-order valence-electron chi connectivity index (χ0n) is 17.0. The molecule has 28 heavy (non-hydrogen) atoms. The van der Waals surface area contributed by atoms with Gasteiger partial charge in [-0.2, -0.15) is 5.11 Å². The maximum Gasteiger partial charge on any atom is 0.223 e. The fourth-order valence-corrected chi connectivity index (χ4v) is 4.98. The molecule has 0 aromatic rings. The number of piperidine rings is 1. The smallest absolute Gasteiger partial charge is 0.223 e. The Bertz CT molecular complexity index is 620. The average Bonchev–Trinajstić information content (AvgIpc) is 3.27. The maximum atomic E-state index is 13.1. The summed E-state index contributed by atoms with van der Waals surface area (Å²) in [4.78, 5) is 26.4. The van der Waals surface area contributed by atoms with E-state index in [2.05, 4.69) is 15.7 Å². The van der Waals surface area contributed by atoms with Crippen LogP contribution in [0, 0.1) is 11.8 Å². The van der Waals surface area contributed by atoms with Crippen molar-refractivity contribution < 1.29 is 9.59 Å². The molecule has 4 rings (SSSR count). The van der Waals surface area contributed by atoms with Crippen molar-refractivity contribution in [1.29, 1.82) is 0 Å². The lowest BCUT2D eigenvalue weighted by molar-refractivity contribution is -0.134. The minimum Gasteiger partial charge on any atom is -0.351 e. The fraction of sp³-hybridized carbons (Fsp3) is 0.900. The van der Waals surface area contributed by atoms with Crippen LogP contribution in [0.3, 0.4) is 0 Å². The molecule has 4 aliphatic rings. The molecule has 2 heterocycles. The molecule has 1 saturated heterocycles. The highest BCUT2D eigenvalue weighted by Crippen LogP contribution is 2.39. The predicted molar refractivity (Wildman–Crippen MR) is 105 cm³/mol. The number of hydrogen-bond donors (Lipinski definition) is 2. The van der Waals surface area contributed by atoms with Crippen molar-refractivity contribution >= 4 is 11.8 Å². The number of nitrogens with zero attached hydrogens (tertiary/aromatic N) is 4. The number of hydrogen-bond acceptors (Lipinski definition) is 6. The summed E-state index contributed by atoms with van der Waals surface area (Å²) in [5.41, 5.74) is 5.99. The van der Waals surface area contributed by atoms with Gasteiger partial charge in [-0.05, 0) is 44.4 Å². The van der Waals surface area contributed by atoms with Crippen LogP contribution >= 0.6 is 0 Å². The second-order valence-electron chi connectivity index (χ2n) is 9.17. The van der Waals surface area contributed by atoms with Crippen molar-refractivity contribution in [2.45, 2.75) is 82.5 Å². The molecule has 2 amide bonds. The van der Waals surface area contributed by atoms with Crippen molar-refractivity contribution in [3.8, 4) is 0 Å². The van der Waals surface area contributed by atoms with Gasteiger partial charge in [0, 0.05) is 25.9 Å². The molecule has 3 fully saturated rings. The third kappa shape index (κ3) is 4.16. The summed E-state index contributed by atoms with van der Waals surface area (Å²) in [6, 6.07) is 0.0279. The Hall–Kier alpha value is -1.70. The summed E-state index contributed by atoms with van der Waals surface area (Å²) in [5.74, 6) is 0.676. The molecule has 2 aliphatic carbocycles. The summed E-state index contributed by atoms with van der Waals surface area (Å²) in [6.45, 7) is 3.66. The number of nitrogens with two attached hydrogens (primary N) is 1. The Kier molecular flexibility index (Phi) is 5.58. The SMILES string of the molecule is CC(=O)N1CCC(C(=O)N[C@@H](C2CCCCC2)C2CN(C3(N)CC3)N=N2)CC1. The van der Waals surface area contributed by atoms with E-state index in [0.717, 1.165) is 38.5 Å². The van der Waals surface area contributed by atoms with Crippen molar-refractivity contribution in [2.75, 3.05) is 19.6 Å². The van der Waals surface area contributed by atoms with E-state index in [1.165, 1.54) is 19.3 Å². The minimum atomic E-state index is -0.307. The van der Waals surface area contributed by atoms with E-state index in [-0.39, 0.29) is 35.5 Å². The van der Waals surface area contributed by atoms with E-state index in [9.17, 15) is 9.59 Å². The van der Waals surface area contributed by atoms with Crippen molar-refractivity contribution in [2.24, 2.45) is 27.9 Å². The van der Waals surface area contributed by atoms with Gasteiger partial charge in [0.15, 0.2) is 0 Å². The van der Waals surface area contributed by atoms with Gasteiger partial charge in [-0.3, -0.25) is 14.6 Å². The van der Waals surface area contributed by atoms with E-state index in [1.54, 1.807) is 6.92 Å². The van der Waals surface area contributed by atoms with E-state index in [0.29, 0.717) is 25.6 Å². The molecule has 0 aromatic carbocycles. The highest BCUT2D eigenvalue weighted by molar-refractivity contribution is 5.80. The third-order valence-corrected chi connectivity index (χ3v) is 7.14. The molecule has 0 bridgehead atoms. The molecule has 0 aromatic heterocycles. The molecule has 0 radical (unpaired) electrons. The molecule has 3 N–H and O–H groups in total. The molecule has 0 spiro atoms. The lowest BCUT2D eigenvalue weighted by atomic mass is 9.80. The number of nitrogens with one attached hydrogen (secondary N) is 1. The van der Waals surface area contributed by atoms with Gasteiger partial charge in [0.25, 0.3) is 0 Å². The molecule has 8 heteroatoms. The maximum absolute atomic E-state index is 13.1. The molecule has 1 unspecified atom stereocenters. The molecule has 2 saturated carbocycles. The van der Waals surface area contributed by atoms with E-state index >= 15 is 0 Å². The van der Waals surface area contributed by atoms with Crippen LogP contribution in [-0.2, 0) is 9.59 Å². The van der Waals surface area contributed by atoms with Gasteiger partial charge in [-0.1, -0.05) is 24.5 Å². The number of carbonyl (C=O) groups excluding carboxylic acids is 2. The topological polar surface area (TPSA) is 103 Å². The van der Waals surface area contributed by atoms with Crippen LogP contribution in [0.5, 0.6) is 0 Å². The number of rotatable bonds is 5. The van der Waals surface area contributed by atoms with Crippen LogP contribution in [-0.4, -0.2) is 59.1 Å². The van der Waals surface area contributed by atoms with Gasteiger partial charge in [0.05, 0.1) is 12.6 Å². The zero-order valence-corrected chi connectivity index (χ0v) is 17.0.